The van der Waals surface area contributed by atoms with Gasteiger partial charge in [-0.1, -0.05) is 72.4 Å². The highest BCUT2D eigenvalue weighted by atomic mass is 35.5. The smallest absolute Gasteiger partial charge is 0.352 e. The Morgan fingerprint density at radius 3 is 2.07 bits per heavy atom. The van der Waals surface area contributed by atoms with E-state index in [1.54, 1.807) is 26.8 Å². The number of nitrogens with zero attached hydrogens (tertiary/aromatic N) is 2. The van der Waals surface area contributed by atoms with Crippen LogP contribution >= 0.6 is 34.8 Å². The first kappa shape index (κ1) is 36.5. The molecule has 45 heavy (non-hydrogen) atoms. The standard InChI is InChI=1S/C31H33Cl3F3N3O4S/c1-5-20(4)38-30(42)28(6-2)39(17-21-9-13-26(33)27(34)15-21)29(41)18-40(45(43,44)23-11-7-19(3)8-12-23)22-10-14-25(32)24(16-22)31(35,36)37/h7-16,20,28H,5-6,17-18H2,1-4H3,(H,38,42)/t20-,28-/m0/s1. The lowest BCUT2D eigenvalue weighted by atomic mass is 10.1. The number of hydrogen-bond donors (Lipinski definition) is 1. The van der Waals surface area contributed by atoms with Crippen LogP contribution in [0.25, 0.3) is 0 Å². The van der Waals surface area contributed by atoms with Crippen LogP contribution in [0.4, 0.5) is 18.9 Å². The fraction of sp³-hybridized carbons (Fsp3) is 0.355. The molecule has 0 saturated carbocycles. The fourth-order valence-electron chi connectivity index (χ4n) is 4.45. The van der Waals surface area contributed by atoms with E-state index in [9.17, 15) is 31.2 Å². The molecular formula is C31H33Cl3F3N3O4S. The Kier molecular flexibility index (Phi) is 12.2. The summed E-state index contributed by atoms with van der Waals surface area (Å²) in [5.74, 6) is -1.31. The van der Waals surface area contributed by atoms with Crippen LogP contribution in [0, 0.1) is 6.92 Å². The molecule has 0 saturated heterocycles. The molecular weight excluding hydrogens is 674 g/mol. The monoisotopic (exact) mass is 705 g/mol. The average molecular weight is 707 g/mol. The molecule has 0 bridgehead atoms. The van der Waals surface area contributed by atoms with E-state index in [4.69, 9.17) is 34.8 Å². The Balaban J connectivity index is 2.16. The lowest BCUT2D eigenvalue weighted by Gasteiger charge is -2.34. The zero-order valence-corrected chi connectivity index (χ0v) is 28.0. The van der Waals surface area contributed by atoms with Crippen LogP contribution in [0.5, 0.6) is 0 Å². The normalized spacial score (nSPS) is 13.2. The summed E-state index contributed by atoms with van der Waals surface area (Å²) in [6.07, 6.45) is -4.14. The van der Waals surface area contributed by atoms with Crippen molar-refractivity contribution in [1.29, 1.82) is 0 Å². The summed E-state index contributed by atoms with van der Waals surface area (Å²) in [7, 11) is -4.60. The number of carbonyl (C=O) groups is 2. The average Bonchev–Trinajstić information content (AvgIpc) is 2.97. The molecule has 0 radical (unpaired) electrons. The molecule has 3 aromatic rings. The molecule has 14 heteroatoms. The highest BCUT2D eigenvalue weighted by molar-refractivity contribution is 7.92. The quantitative estimate of drug-likeness (QED) is 0.208. The van der Waals surface area contributed by atoms with Gasteiger partial charge >= 0.3 is 6.18 Å². The Morgan fingerprint density at radius 2 is 1.51 bits per heavy atom. The van der Waals surface area contributed by atoms with Crippen molar-refractivity contribution in [1.82, 2.24) is 10.2 Å². The van der Waals surface area contributed by atoms with Crippen molar-refractivity contribution in [2.24, 2.45) is 0 Å². The maximum absolute atomic E-state index is 14.2. The van der Waals surface area contributed by atoms with Gasteiger partial charge in [0.15, 0.2) is 0 Å². The van der Waals surface area contributed by atoms with Gasteiger partial charge in [0, 0.05) is 12.6 Å². The number of amides is 2. The van der Waals surface area contributed by atoms with E-state index >= 15 is 0 Å². The van der Waals surface area contributed by atoms with Crippen LogP contribution in [0.1, 0.15) is 50.3 Å². The van der Waals surface area contributed by atoms with Crippen molar-refractivity contribution in [3.05, 3.63) is 92.4 Å². The number of alkyl halides is 3. The molecule has 0 spiro atoms. The van der Waals surface area contributed by atoms with Gasteiger partial charge in [0.05, 0.1) is 31.2 Å². The molecule has 244 valence electrons. The van der Waals surface area contributed by atoms with Gasteiger partial charge in [0.2, 0.25) is 11.8 Å². The van der Waals surface area contributed by atoms with Crippen molar-refractivity contribution < 1.29 is 31.2 Å². The van der Waals surface area contributed by atoms with Crippen molar-refractivity contribution >= 4 is 62.3 Å². The molecule has 0 heterocycles. The molecule has 0 aromatic heterocycles. The van der Waals surface area contributed by atoms with E-state index < -0.39 is 56.9 Å². The van der Waals surface area contributed by atoms with Crippen molar-refractivity contribution in [3.8, 4) is 0 Å². The van der Waals surface area contributed by atoms with Gasteiger partial charge in [-0.2, -0.15) is 13.2 Å². The Bertz CT molecular complexity index is 1640. The van der Waals surface area contributed by atoms with E-state index in [1.165, 1.54) is 41.3 Å². The van der Waals surface area contributed by atoms with Gasteiger partial charge in [-0.3, -0.25) is 13.9 Å². The minimum atomic E-state index is -4.91. The molecule has 7 nitrogen and oxygen atoms in total. The second-order valence-electron chi connectivity index (χ2n) is 10.5. The molecule has 0 unspecified atom stereocenters. The number of carbonyl (C=O) groups excluding carboxylic acids is 2. The number of hydrogen-bond acceptors (Lipinski definition) is 4. The molecule has 0 aliphatic rings. The van der Waals surface area contributed by atoms with Gasteiger partial charge in [-0.05, 0) is 74.7 Å². The fourth-order valence-corrected chi connectivity index (χ4v) is 6.40. The van der Waals surface area contributed by atoms with Gasteiger partial charge in [0.1, 0.15) is 12.6 Å². The molecule has 3 rings (SSSR count). The lowest BCUT2D eigenvalue weighted by Crippen LogP contribution is -2.53. The van der Waals surface area contributed by atoms with Gasteiger partial charge < -0.3 is 10.2 Å². The third-order valence-corrected chi connectivity index (χ3v) is 10.0. The van der Waals surface area contributed by atoms with Crippen molar-refractivity contribution in [3.63, 3.8) is 0 Å². The summed E-state index contributed by atoms with van der Waals surface area (Å²) in [4.78, 5) is 28.5. The van der Waals surface area contributed by atoms with Crippen molar-refractivity contribution in [2.75, 3.05) is 10.8 Å². The summed E-state index contributed by atoms with van der Waals surface area (Å²) in [5.41, 5.74) is -0.475. The topological polar surface area (TPSA) is 86.8 Å². The predicted octanol–water partition coefficient (Wildman–Crippen LogP) is 7.89. The molecule has 0 aliphatic carbocycles. The van der Waals surface area contributed by atoms with E-state index in [0.717, 1.165) is 17.7 Å². The SMILES string of the molecule is CC[C@H](C)NC(=O)[C@H](CC)N(Cc1ccc(Cl)c(Cl)c1)C(=O)CN(c1ccc(Cl)c(C(F)(F)F)c1)S(=O)(=O)c1ccc(C)cc1. The zero-order valence-electron chi connectivity index (χ0n) is 25.0. The first-order valence-corrected chi connectivity index (χ1v) is 16.6. The van der Waals surface area contributed by atoms with Crippen molar-refractivity contribution in [2.45, 2.75) is 70.2 Å². The second-order valence-corrected chi connectivity index (χ2v) is 13.6. The van der Waals surface area contributed by atoms with E-state index in [2.05, 4.69) is 5.32 Å². The Hall–Kier alpha value is -2.99. The summed E-state index contributed by atoms with van der Waals surface area (Å²) in [5, 5.41) is 2.67. The first-order chi connectivity index (χ1) is 21.0. The third kappa shape index (κ3) is 9.06. The number of halogens is 6. The molecule has 3 aromatic carbocycles. The van der Waals surface area contributed by atoms with E-state index in [-0.39, 0.29) is 33.9 Å². The lowest BCUT2D eigenvalue weighted by molar-refractivity contribution is -0.140. The van der Waals surface area contributed by atoms with Crippen LogP contribution in [0.2, 0.25) is 15.1 Å². The van der Waals surface area contributed by atoms with Crippen LogP contribution in [0.3, 0.4) is 0 Å². The summed E-state index contributed by atoms with van der Waals surface area (Å²) < 4.78 is 70.0. The van der Waals surface area contributed by atoms with Gasteiger partial charge in [0.25, 0.3) is 10.0 Å². The summed E-state index contributed by atoms with van der Waals surface area (Å²) in [6, 6.07) is 11.6. The minimum absolute atomic E-state index is 0.152. The molecule has 0 fully saturated rings. The first-order valence-electron chi connectivity index (χ1n) is 14.0. The minimum Gasteiger partial charge on any atom is -0.352 e. The summed E-state index contributed by atoms with van der Waals surface area (Å²) >= 11 is 18.1. The molecule has 2 atom stereocenters. The number of rotatable bonds is 12. The van der Waals surface area contributed by atoms with Crippen LogP contribution in [-0.2, 0) is 32.3 Å². The van der Waals surface area contributed by atoms with Crippen LogP contribution in [0.15, 0.2) is 65.6 Å². The van der Waals surface area contributed by atoms with E-state index in [0.29, 0.717) is 22.4 Å². The van der Waals surface area contributed by atoms with E-state index in [1.807, 2.05) is 6.92 Å². The maximum atomic E-state index is 14.2. The number of benzene rings is 3. The van der Waals surface area contributed by atoms with Crippen LogP contribution in [-0.4, -0.2) is 43.8 Å². The van der Waals surface area contributed by atoms with Gasteiger partial charge in [-0.25, -0.2) is 8.42 Å². The number of anilines is 1. The number of nitrogens with one attached hydrogen (secondary N) is 1. The Labute approximate surface area is 276 Å². The highest BCUT2D eigenvalue weighted by Crippen LogP contribution is 2.38. The third-order valence-electron chi connectivity index (χ3n) is 7.16. The molecule has 2 amide bonds. The predicted molar refractivity (Wildman–Crippen MR) is 171 cm³/mol. The zero-order chi connectivity index (χ0) is 33.7. The van der Waals surface area contributed by atoms with Gasteiger partial charge in [-0.15, -0.1) is 0 Å². The molecule has 0 aliphatic heterocycles. The maximum Gasteiger partial charge on any atom is 0.417 e. The largest absolute Gasteiger partial charge is 0.417 e. The molecule has 1 N–H and O–H groups in total. The number of sulfonamides is 1. The number of aryl methyl sites for hydroxylation is 1. The highest BCUT2D eigenvalue weighted by Gasteiger charge is 2.37. The second kappa shape index (κ2) is 15.1. The van der Waals surface area contributed by atoms with Crippen LogP contribution < -0.4 is 9.62 Å². The Morgan fingerprint density at radius 1 is 0.889 bits per heavy atom. The summed E-state index contributed by atoms with van der Waals surface area (Å²) in [6.45, 7) is 6.00.